The second-order valence-electron chi connectivity index (χ2n) is 3.36. The van der Waals surface area contributed by atoms with Crippen LogP contribution in [0.1, 0.15) is 13.8 Å². The van der Waals surface area contributed by atoms with Crippen LogP contribution >= 0.6 is 12.6 Å². The van der Waals surface area contributed by atoms with Gasteiger partial charge in [-0.3, -0.25) is 4.79 Å². The first-order valence-corrected chi connectivity index (χ1v) is 3.90. The molecule has 2 N–H and O–H groups in total. The Morgan fingerprint density at radius 1 is 1.55 bits per heavy atom. The molecular formula is C7H16N2OS. The molecule has 0 aliphatic carbocycles. The van der Waals surface area contributed by atoms with Crippen molar-refractivity contribution in [3.8, 4) is 0 Å². The molecule has 0 aromatic carbocycles. The van der Waals surface area contributed by atoms with E-state index in [-0.39, 0.29) is 5.91 Å². The molecule has 0 saturated carbocycles. The molecule has 4 heteroatoms. The number of carbonyl (C=O) groups is 1. The van der Waals surface area contributed by atoms with Crippen LogP contribution in [0.15, 0.2) is 0 Å². The molecule has 0 rings (SSSR count). The Hall–Kier alpha value is -0.220. The number of amides is 1. The number of nitrogens with two attached hydrogens (primary N) is 1. The molecule has 1 amide bonds. The Bertz CT molecular complexity index is 151. The average molecular weight is 176 g/mol. The monoisotopic (exact) mass is 176 g/mol. The lowest BCUT2D eigenvalue weighted by Gasteiger charge is -2.27. The maximum atomic E-state index is 11.2. The first-order valence-electron chi connectivity index (χ1n) is 3.46. The van der Waals surface area contributed by atoms with Crippen LogP contribution in [0.3, 0.4) is 0 Å². The highest BCUT2D eigenvalue weighted by Gasteiger charge is 2.29. The zero-order chi connectivity index (χ0) is 9.23. The smallest absolute Gasteiger partial charge is 0.240 e. The first-order chi connectivity index (χ1) is 4.76. The van der Waals surface area contributed by atoms with Crippen LogP contribution < -0.4 is 5.73 Å². The summed E-state index contributed by atoms with van der Waals surface area (Å²) in [5, 5.41) is 0. The van der Waals surface area contributed by atoms with Crippen molar-refractivity contribution in [2.45, 2.75) is 24.6 Å². The third-order valence-corrected chi connectivity index (χ3v) is 1.75. The number of thiol groups is 1. The van der Waals surface area contributed by atoms with Crippen LogP contribution in [-0.2, 0) is 4.79 Å². The van der Waals surface area contributed by atoms with Crippen LogP contribution in [-0.4, -0.2) is 35.7 Å². The molecule has 0 fully saturated rings. The van der Waals surface area contributed by atoms with E-state index >= 15 is 0 Å². The van der Waals surface area contributed by atoms with E-state index in [1.165, 1.54) is 4.90 Å². The predicted octanol–water partition coefficient (Wildman–Crippen LogP) is 0.110. The van der Waals surface area contributed by atoms with E-state index in [0.29, 0.717) is 0 Å². The van der Waals surface area contributed by atoms with Gasteiger partial charge in [-0.15, -0.1) is 0 Å². The minimum absolute atomic E-state index is 0.0926. The van der Waals surface area contributed by atoms with Crippen molar-refractivity contribution in [1.82, 2.24) is 4.90 Å². The van der Waals surface area contributed by atoms with Crippen molar-refractivity contribution >= 4 is 18.5 Å². The first kappa shape index (κ1) is 10.8. The number of nitrogens with zero attached hydrogens (tertiary/aromatic N) is 1. The fourth-order valence-electron chi connectivity index (χ4n) is 0.580. The second-order valence-corrected chi connectivity index (χ2v) is 4.52. The Balaban J connectivity index is 4.26. The van der Waals surface area contributed by atoms with Crippen molar-refractivity contribution in [2.75, 3.05) is 14.1 Å². The SMILES string of the molecule is CN(C)C(=O)C(N)C(C)(C)S. The Kier molecular flexibility index (Phi) is 3.38. The Labute approximate surface area is 73.3 Å². The molecule has 0 aromatic rings. The summed E-state index contributed by atoms with van der Waals surface area (Å²) in [7, 11) is 3.36. The zero-order valence-electron chi connectivity index (χ0n) is 7.46. The fraction of sp³-hybridized carbons (Fsp3) is 0.857. The van der Waals surface area contributed by atoms with Gasteiger partial charge in [0.05, 0.1) is 6.04 Å². The molecule has 0 aliphatic heterocycles. The van der Waals surface area contributed by atoms with Gasteiger partial charge >= 0.3 is 0 Å². The lowest BCUT2D eigenvalue weighted by Crippen LogP contribution is -2.50. The molecule has 66 valence electrons. The van der Waals surface area contributed by atoms with Crippen molar-refractivity contribution in [1.29, 1.82) is 0 Å². The van der Waals surface area contributed by atoms with Crippen LogP contribution in [0.25, 0.3) is 0 Å². The lowest BCUT2D eigenvalue weighted by molar-refractivity contribution is -0.130. The van der Waals surface area contributed by atoms with Gasteiger partial charge in [0, 0.05) is 18.8 Å². The molecule has 3 nitrogen and oxygen atoms in total. The fourth-order valence-corrected chi connectivity index (χ4v) is 0.691. The van der Waals surface area contributed by atoms with E-state index in [0.717, 1.165) is 0 Å². The van der Waals surface area contributed by atoms with E-state index in [1.807, 2.05) is 13.8 Å². The van der Waals surface area contributed by atoms with E-state index in [4.69, 9.17) is 5.73 Å². The maximum Gasteiger partial charge on any atom is 0.240 e. The van der Waals surface area contributed by atoms with Gasteiger partial charge in [0.1, 0.15) is 0 Å². The van der Waals surface area contributed by atoms with Crippen molar-refractivity contribution in [2.24, 2.45) is 5.73 Å². The molecule has 0 bridgehead atoms. The van der Waals surface area contributed by atoms with Gasteiger partial charge in [0.2, 0.25) is 5.91 Å². The molecule has 1 atom stereocenters. The molecule has 0 heterocycles. The quantitative estimate of drug-likeness (QED) is 0.587. The average Bonchev–Trinajstić information content (AvgIpc) is 1.82. The molecule has 11 heavy (non-hydrogen) atoms. The summed E-state index contributed by atoms with van der Waals surface area (Å²) in [4.78, 5) is 12.7. The third kappa shape index (κ3) is 3.12. The van der Waals surface area contributed by atoms with Gasteiger partial charge in [0.25, 0.3) is 0 Å². The second kappa shape index (κ2) is 3.45. The molecular weight excluding hydrogens is 160 g/mol. The van der Waals surface area contributed by atoms with Crippen LogP contribution in [0, 0.1) is 0 Å². The number of likely N-dealkylation sites (N-methyl/N-ethyl adjacent to an activating group) is 1. The molecule has 0 radical (unpaired) electrons. The summed E-state index contributed by atoms with van der Waals surface area (Å²) < 4.78 is -0.457. The van der Waals surface area contributed by atoms with E-state index in [9.17, 15) is 4.79 Å². The van der Waals surface area contributed by atoms with Gasteiger partial charge in [-0.05, 0) is 13.8 Å². The maximum absolute atomic E-state index is 11.2. The van der Waals surface area contributed by atoms with Crippen LogP contribution in [0.2, 0.25) is 0 Å². The van der Waals surface area contributed by atoms with Gasteiger partial charge < -0.3 is 10.6 Å². The Morgan fingerprint density at radius 3 is 2.00 bits per heavy atom. The Morgan fingerprint density at radius 2 is 1.91 bits per heavy atom. The molecule has 1 unspecified atom stereocenters. The summed E-state index contributed by atoms with van der Waals surface area (Å²) in [5.41, 5.74) is 5.63. The lowest BCUT2D eigenvalue weighted by atomic mass is 10.0. The summed E-state index contributed by atoms with van der Waals surface area (Å²) in [6.45, 7) is 3.64. The summed E-state index contributed by atoms with van der Waals surface area (Å²) in [6.07, 6.45) is 0. The number of rotatable bonds is 2. The predicted molar refractivity (Wildman–Crippen MR) is 49.7 cm³/mol. The van der Waals surface area contributed by atoms with E-state index in [2.05, 4.69) is 12.6 Å². The summed E-state index contributed by atoms with van der Waals surface area (Å²) >= 11 is 4.21. The van der Waals surface area contributed by atoms with Crippen LogP contribution in [0.5, 0.6) is 0 Å². The molecule has 0 spiro atoms. The minimum Gasteiger partial charge on any atom is -0.347 e. The van der Waals surface area contributed by atoms with Gasteiger partial charge in [-0.2, -0.15) is 12.6 Å². The summed E-state index contributed by atoms with van der Waals surface area (Å²) in [5.74, 6) is -0.0926. The largest absolute Gasteiger partial charge is 0.347 e. The normalized spacial score (nSPS) is 14.4. The van der Waals surface area contributed by atoms with E-state index in [1.54, 1.807) is 14.1 Å². The molecule has 0 aliphatic rings. The van der Waals surface area contributed by atoms with Gasteiger partial charge in [-0.25, -0.2) is 0 Å². The highest BCUT2D eigenvalue weighted by atomic mass is 32.1. The van der Waals surface area contributed by atoms with Crippen molar-refractivity contribution in [3.05, 3.63) is 0 Å². The molecule has 0 saturated heterocycles. The standard InChI is InChI=1S/C7H16N2OS/c1-7(2,11)5(8)6(10)9(3)4/h5,11H,8H2,1-4H3. The number of carbonyl (C=O) groups excluding carboxylic acids is 1. The number of hydrogen-bond donors (Lipinski definition) is 2. The summed E-state index contributed by atoms with van der Waals surface area (Å²) in [6, 6.07) is -0.541. The van der Waals surface area contributed by atoms with Crippen molar-refractivity contribution in [3.63, 3.8) is 0 Å². The highest BCUT2D eigenvalue weighted by Crippen LogP contribution is 2.16. The van der Waals surface area contributed by atoms with Gasteiger partial charge in [0.15, 0.2) is 0 Å². The van der Waals surface area contributed by atoms with Gasteiger partial charge in [-0.1, -0.05) is 0 Å². The highest BCUT2D eigenvalue weighted by molar-refractivity contribution is 7.81. The number of hydrogen-bond acceptors (Lipinski definition) is 3. The molecule has 0 aromatic heterocycles. The topological polar surface area (TPSA) is 46.3 Å². The minimum atomic E-state index is -0.541. The zero-order valence-corrected chi connectivity index (χ0v) is 8.35. The van der Waals surface area contributed by atoms with Crippen LogP contribution in [0.4, 0.5) is 0 Å². The van der Waals surface area contributed by atoms with E-state index < -0.39 is 10.8 Å². The third-order valence-electron chi connectivity index (χ3n) is 1.47. The van der Waals surface area contributed by atoms with Crippen molar-refractivity contribution < 1.29 is 4.79 Å².